The molecule has 7 nitrogen and oxygen atoms in total. The molecule has 0 atom stereocenters. The molecule has 0 saturated carbocycles. The zero-order valence-electron chi connectivity index (χ0n) is 9.73. The number of aromatic amines is 1. The highest BCUT2D eigenvalue weighted by Gasteiger charge is 2.08. The summed E-state index contributed by atoms with van der Waals surface area (Å²) in [7, 11) is 0. The molecule has 0 aliphatic carbocycles. The van der Waals surface area contributed by atoms with Crippen LogP contribution in [0.15, 0.2) is 6.33 Å². The number of ether oxygens (including phenoxy) is 1. The van der Waals surface area contributed by atoms with E-state index in [1.54, 1.807) is 6.92 Å². The molecule has 0 spiro atoms. The van der Waals surface area contributed by atoms with Crippen LogP contribution in [-0.4, -0.2) is 32.7 Å². The van der Waals surface area contributed by atoms with Gasteiger partial charge in [0, 0.05) is 0 Å². The number of aromatic nitrogens is 4. The Kier molecular flexibility index (Phi) is 3.38. The second-order valence-corrected chi connectivity index (χ2v) is 3.34. The van der Waals surface area contributed by atoms with E-state index in [1.807, 2.05) is 0 Å². The van der Waals surface area contributed by atoms with Crippen molar-refractivity contribution in [3.05, 3.63) is 12.0 Å². The third-order valence-corrected chi connectivity index (χ3v) is 2.13. The molecule has 2 heterocycles. The zero-order valence-corrected chi connectivity index (χ0v) is 9.73. The van der Waals surface area contributed by atoms with E-state index in [1.165, 1.54) is 6.33 Å². The molecular formula is C11H11N5O2. The zero-order chi connectivity index (χ0) is 13.0. The average Bonchev–Trinajstić information content (AvgIpc) is 2.74. The quantitative estimate of drug-likeness (QED) is 0.579. The minimum absolute atomic E-state index is 0.0158. The Bertz CT molecular complexity index is 638. The van der Waals surface area contributed by atoms with Gasteiger partial charge in [0.25, 0.3) is 0 Å². The number of nitrogens with one attached hydrogen (secondary N) is 1. The van der Waals surface area contributed by atoms with Crippen molar-refractivity contribution >= 4 is 22.8 Å². The Labute approximate surface area is 103 Å². The highest BCUT2D eigenvalue weighted by molar-refractivity contribution is 5.90. The van der Waals surface area contributed by atoms with Gasteiger partial charge in [0.05, 0.1) is 12.0 Å². The lowest BCUT2D eigenvalue weighted by Crippen LogP contribution is -2.01. The maximum Gasteiger partial charge on any atom is 0.317 e. The van der Waals surface area contributed by atoms with Crippen LogP contribution in [0.5, 0.6) is 0 Å². The second kappa shape index (κ2) is 5.14. The highest BCUT2D eigenvalue weighted by Crippen LogP contribution is 2.17. The van der Waals surface area contributed by atoms with Gasteiger partial charge in [0.15, 0.2) is 5.65 Å². The average molecular weight is 245 g/mol. The number of anilines is 1. The summed E-state index contributed by atoms with van der Waals surface area (Å²) >= 11 is 0. The van der Waals surface area contributed by atoms with Crippen molar-refractivity contribution in [2.45, 2.75) is 13.3 Å². The molecule has 2 aromatic heterocycles. The maximum absolute atomic E-state index is 11.1. The maximum atomic E-state index is 11.1. The van der Waals surface area contributed by atoms with Gasteiger partial charge in [-0.25, -0.2) is 9.97 Å². The van der Waals surface area contributed by atoms with Crippen molar-refractivity contribution in [3.8, 4) is 11.8 Å². The summed E-state index contributed by atoms with van der Waals surface area (Å²) in [6.07, 6.45) is 1.34. The summed E-state index contributed by atoms with van der Waals surface area (Å²) in [4.78, 5) is 18.9. The van der Waals surface area contributed by atoms with Crippen molar-refractivity contribution in [2.24, 2.45) is 0 Å². The summed E-state index contributed by atoms with van der Waals surface area (Å²) in [5.41, 5.74) is 6.65. The summed E-state index contributed by atoms with van der Waals surface area (Å²) in [5.74, 6) is 5.39. The molecule has 3 N–H and O–H groups in total. The van der Waals surface area contributed by atoms with Crippen LogP contribution in [0.3, 0.4) is 0 Å². The number of carbonyl (C=O) groups excluding carboxylic acids is 1. The fourth-order valence-corrected chi connectivity index (χ4v) is 1.39. The molecule has 0 bridgehead atoms. The Hall–Kier alpha value is -2.62. The summed E-state index contributed by atoms with van der Waals surface area (Å²) in [6, 6.07) is 0. The number of nitrogen functional groups attached to an aromatic ring is 1. The fourth-order valence-electron chi connectivity index (χ4n) is 1.39. The van der Waals surface area contributed by atoms with Crippen LogP contribution >= 0.6 is 0 Å². The van der Waals surface area contributed by atoms with E-state index >= 15 is 0 Å². The number of H-pyrrole nitrogens is 1. The van der Waals surface area contributed by atoms with Gasteiger partial charge in [0.1, 0.15) is 24.3 Å². The summed E-state index contributed by atoms with van der Waals surface area (Å²) < 4.78 is 4.76. The first-order chi connectivity index (χ1) is 8.72. The molecule has 0 aliphatic rings. The lowest BCUT2D eigenvalue weighted by molar-refractivity contribution is -0.141. The van der Waals surface area contributed by atoms with Gasteiger partial charge >= 0.3 is 5.97 Å². The second-order valence-electron chi connectivity index (χ2n) is 3.34. The first kappa shape index (κ1) is 11.9. The lowest BCUT2D eigenvalue weighted by Gasteiger charge is -1.94. The number of hydrogen-bond acceptors (Lipinski definition) is 6. The minimum Gasteiger partial charge on any atom is -0.465 e. The Balaban J connectivity index is 2.23. The number of fused-ring (bicyclic) bond motifs is 1. The van der Waals surface area contributed by atoms with Crippen molar-refractivity contribution in [2.75, 3.05) is 12.3 Å². The van der Waals surface area contributed by atoms with Gasteiger partial charge in [-0.2, -0.15) is 5.10 Å². The van der Waals surface area contributed by atoms with Crippen LogP contribution in [-0.2, 0) is 9.53 Å². The number of carbonyl (C=O) groups is 1. The molecule has 2 aromatic rings. The Morgan fingerprint density at radius 2 is 2.39 bits per heavy atom. The number of nitrogens with two attached hydrogens (primary N) is 1. The molecule has 0 radical (unpaired) electrons. The lowest BCUT2D eigenvalue weighted by atomic mass is 10.3. The van der Waals surface area contributed by atoms with Crippen LogP contribution in [0.2, 0.25) is 0 Å². The van der Waals surface area contributed by atoms with Gasteiger partial charge in [-0.15, -0.1) is 0 Å². The van der Waals surface area contributed by atoms with E-state index in [-0.39, 0.29) is 12.4 Å². The van der Waals surface area contributed by atoms with Gasteiger partial charge < -0.3 is 10.5 Å². The molecule has 92 valence electrons. The minimum atomic E-state index is -0.363. The van der Waals surface area contributed by atoms with Gasteiger partial charge in [-0.05, 0) is 12.8 Å². The molecule has 0 aromatic carbocycles. The predicted octanol–water partition coefficient (Wildman–Crippen LogP) is 0.240. The largest absolute Gasteiger partial charge is 0.465 e. The van der Waals surface area contributed by atoms with Crippen LogP contribution in [0, 0.1) is 11.8 Å². The van der Waals surface area contributed by atoms with Crippen LogP contribution in [0.1, 0.15) is 19.0 Å². The van der Waals surface area contributed by atoms with Gasteiger partial charge in [-0.1, -0.05) is 5.92 Å². The third kappa shape index (κ3) is 2.38. The molecule has 18 heavy (non-hydrogen) atoms. The smallest absolute Gasteiger partial charge is 0.317 e. The van der Waals surface area contributed by atoms with Crippen LogP contribution in [0.4, 0.5) is 5.82 Å². The molecule has 7 heteroatoms. The van der Waals surface area contributed by atoms with Crippen molar-refractivity contribution in [1.29, 1.82) is 0 Å². The number of rotatable bonds is 2. The van der Waals surface area contributed by atoms with Crippen LogP contribution < -0.4 is 5.73 Å². The van der Waals surface area contributed by atoms with E-state index < -0.39 is 0 Å². The van der Waals surface area contributed by atoms with E-state index in [0.29, 0.717) is 29.2 Å². The molecular weight excluding hydrogens is 234 g/mol. The summed E-state index contributed by atoms with van der Waals surface area (Å²) in [6.45, 7) is 2.08. The fraction of sp³-hybridized carbons (Fsp3) is 0.273. The van der Waals surface area contributed by atoms with Crippen molar-refractivity contribution in [1.82, 2.24) is 20.2 Å². The topological polar surface area (TPSA) is 107 Å². The molecule has 0 saturated heterocycles. The predicted molar refractivity (Wildman–Crippen MR) is 64.2 cm³/mol. The first-order valence-corrected chi connectivity index (χ1v) is 5.31. The van der Waals surface area contributed by atoms with E-state index in [2.05, 4.69) is 32.0 Å². The molecule has 0 fully saturated rings. The molecule has 0 aliphatic heterocycles. The summed E-state index contributed by atoms with van der Waals surface area (Å²) in [5, 5.41) is 7.20. The number of hydrogen-bond donors (Lipinski definition) is 2. The SMILES string of the molecule is CCOC(=O)CC#Cc1[nH]nc2ncnc(N)c12. The standard InChI is InChI=1S/C11H11N5O2/c1-2-18-8(17)5-3-4-7-9-10(12)13-6-14-11(9)16-15-7/h6H,2,5H2,1H3,(H3,12,13,14,15,16). The highest BCUT2D eigenvalue weighted by atomic mass is 16.5. The van der Waals surface area contributed by atoms with Gasteiger partial charge in [-0.3, -0.25) is 9.89 Å². The normalized spacial score (nSPS) is 9.83. The number of esters is 1. The van der Waals surface area contributed by atoms with Crippen molar-refractivity contribution in [3.63, 3.8) is 0 Å². The molecule has 0 amide bonds. The molecule has 0 unspecified atom stereocenters. The van der Waals surface area contributed by atoms with E-state index in [9.17, 15) is 4.79 Å². The van der Waals surface area contributed by atoms with E-state index in [0.717, 1.165) is 0 Å². The number of nitrogens with zero attached hydrogens (tertiary/aromatic N) is 3. The van der Waals surface area contributed by atoms with E-state index in [4.69, 9.17) is 10.5 Å². The Morgan fingerprint density at radius 1 is 1.56 bits per heavy atom. The van der Waals surface area contributed by atoms with Crippen molar-refractivity contribution < 1.29 is 9.53 Å². The molecule has 2 rings (SSSR count). The van der Waals surface area contributed by atoms with Crippen LogP contribution in [0.25, 0.3) is 11.0 Å². The Morgan fingerprint density at radius 3 is 3.17 bits per heavy atom. The monoisotopic (exact) mass is 245 g/mol. The third-order valence-electron chi connectivity index (χ3n) is 2.13. The first-order valence-electron chi connectivity index (χ1n) is 5.31. The van der Waals surface area contributed by atoms with Gasteiger partial charge in [0.2, 0.25) is 0 Å².